The minimum Gasteiger partial charge on any atom is -0.493 e. The zero-order chi connectivity index (χ0) is 21.0. The van der Waals surface area contributed by atoms with Crippen molar-refractivity contribution in [2.75, 3.05) is 18.6 Å². The van der Waals surface area contributed by atoms with Crippen LogP contribution in [0.25, 0.3) is 6.08 Å². The van der Waals surface area contributed by atoms with Crippen molar-refractivity contribution < 1.29 is 23.9 Å². The molecule has 1 heterocycles. The van der Waals surface area contributed by atoms with Crippen LogP contribution in [0, 0.1) is 6.92 Å². The maximum atomic E-state index is 13.0. The number of barbiturate groups is 1. The van der Waals surface area contributed by atoms with Gasteiger partial charge in [0, 0.05) is 6.07 Å². The molecule has 2 aromatic carbocycles. The third-order valence-electron chi connectivity index (χ3n) is 4.36. The Balaban J connectivity index is 1.96. The zero-order valence-corrected chi connectivity index (χ0v) is 16.5. The van der Waals surface area contributed by atoms with Gasteiger partial charge < -0.3 is 9.47 Å². The van der Waals surface area contributed by atoms with Crippen molar-refractivity contribution in [3.63, 3.8) is 0 Å². The van der Waals surface area contributed by atoms with Crippen molar-refractivity contribution in [2.24, 2.45) is 0 Å². The summed E-state index contributed by atoms with van der Waals surface area (Å²) >= 11 is 0. The number of carbonyl (C=O) groups is 3. The average Bonchev–Trinajstić information content (AvgIpc) is 2.71. The van der Waals surface area contributed by atoms with Crippen LogP contribution in [0.2, 0.25) is 0 Å². The monoisotopic (exact) mass is 394 g/mol. The minimum absolute atomic E-state index is 0.126. The van der Waals surface area contributed by atoms with E-state index in [-0.39, 0.29) is 11.3 Å². The minimum atomic E-state index is -0.815. The molecule has 1 fully saturated rings. The number of hydrogen-bond acceptors (Lipinski definition) is 5. The first-order valence-electron chi connectivity index (χ1n) is 9.23. The van der Waals surface area contributed by atoms with Gasteiger partial charge in [0.25, 0.3) is 11.8 Å². The lowest BCUT2D eigenvalue weighted by Crippen LogP contribution is -2.54. The molecule has 7 nitrogen and oxygen atoms in total. The van der Waals surface area contributed by atoms with Crippen LogP contribution in [0.4, 0.5) is 10.5 Å². The van der Waals surface area contributed by atoms with Crippen molar-refractivity contribution in [3.05, 3.63) is 59.2 Å². The van der Waals surface area contributed by atoms with Crippen LogP contribution >= 0.6 is 0 Å². The molecular weight excluding hydrogens is 372 g/mol. The zero-order valence-electron chi connectivity index (χ0n) is 16.5. The molecule has 0 atom stereocenters. The van der Waals surface area contributed by atoms with Gasteiger partial charge >= 0.3 is 6.03 Å². The van der Waals surface area contributed by atoms with Crippen molar-refractivity contribution in [1.82, 2.24) is 5.32 Å². The molecule has 0 aliphatic carbocycles. The summed E-state index contributed by atoms with van der Waals surface area (Å²) in [5.74, 6) is -0.540. The van der Waals surface area contributed by atoms with E-state index < -0.39 is 17.8 Å². The maximum Gasteiger partial charge on any atom is 0.335 e. The van der Waals surface area contributed by atoms with E-state index in [0.717, 1.165) is 16.9 Å². The number of methoxy groups -OCH3 is 1. The second-order valence-corrected chi connectivity index (χ2v) is 6.55. The van der Waals surface area contributed by atoms with E-state index in [4.69, 9.17) is 9.47 Å². The summed E-state index contributed by atoms with van der Waals surface area (Å²) in [6.07, 6.45) is 2.29. The van der Waals surface area contributed by atoms with Crippen LogP contribution in [0.3, 0.4) is 0 Å². The highest BCUT2D eigenvalue weighted by atomic mass is 16.5. The molecular formula is C22H22N2O5. The van der Waals surface area contributed by atoms with Gasteiger partial charge in [-0.25, -0.2) is 9.69 Å². The van der Waals surface area contributed by atoms with Crippen molar-refractivity contribution >= 4 is 29.6 Å². The number of carbonyl (C=O) groups excluding carboxylic acids is 3. The molecule has 0 aromatic heterocycles. The number of imide groups is 2. The van der Waals surface area contributed by atoms with Gasteiger partial charge in [0.15, 0.2) is 11.5 Å². The third kappa shape index (κ3) is 4.29. The molecule has 0 radical (unpaired) electrons. The van der Waals surface area contributed by atoms with Gasteiger partial charge in [0.2, 0.25) is 0 Å². The number of anilines is 1. The average molecular weight is 394 g/mol. The van der Waals surface area contributed by atoms with Crippen molar-refractivity contribution in [1.29, 1.82) is 0 Å². The Hall–Kier alpha value is -3.61. The number of amides is 4. The Kier molecular flexibility index (Phi) is 5.97. The molecule has 0 unspecified atom stereocenters. The predicted octanol–water partition coefficient (Wildman–Crippen LogP) is 3.46. The van der Waals surface area contributed by atoms with E-state index >= 15 is 0 Å². The molecule has 150 valence electrons. The smallest absolute Gasteiger partial charge is 0.335 e. The second kappa shape index (κ2) is 8.60. The van der Waals surface area contributed by atoms with Crippen molar-refractivity contribution in [2.45, 2.75) is 20.3 Å². The van der Waals surface area contributed by atoms with Crippen LogP contribution in [-0.2, 0) is 9.59 Å². The SMILES string of the molecule is CCCOc1ccc(N2C(=O)NC(=O)/C(=C\c3ccc(C)cc3)C2=O)cc1OC. The van der Waals surface area contributed by atoms with E-state index in [9.17, 15) is 14.4 Å². The van der Waals surface area contributed by atoms with E-state index in [1.807, 2.05) is 26.0 Å². The Morgan fingerprint density at radius 2 is 1.76 bits per heavy atom. The normalized spacial score (nSPS) is 15.5. The topological polar surface area (TPSA) is 84.9 Å². The molecule has 7 heteroatoms. The number of ether oxygens (including phenoxy) is 2. The van der Waals surface area contributed by atoms with Gasteiger partial charge in [0.05, 0.1) is 19.4 Å². The van der Waals surface area contributed by atoms with Gasteiger partial charge in [-0.15, -0.1) is 0 Å². The van der Waals surface area contributed by atoms with E-state index in [0.29, 0.717) is 23.7 Å². The van der Waals surface area contributed by atoms with Crippen LogP contribution in [-0.4, -0.2) is 31.6 Å². The predicted molar refractivity (Wildman–Crippen MR) is 109 cm³/mol. The Labute approximate surface area is 168 Å². The van der Waals surface area contributed by atoms with E-state index in [2.05, 4.69) is 5.32 Å². The lowest BCUT2D eigenvalue weighted by Gasteiger charge is -2.27. The summed E-state index contributed by atoms with van der Waals surface area (Å²) in [5.41, 5.74) is 1.89. The maximum absolute atomic E-state index is 13.0. The first-order chi connectivity index (χ1) is 13.9. The molecule has 1 N–H and O–H groups in total. The summed E-state index contributed by atoms with van der Waals surface area (Å²) in [7, 11) is 1.47. The fraction of sp³-hybridized carbons (Fsp3) is 0.227. The molecule has 29 heavy (non-hydrogen) atoms. The first kappa shape index (κ1) is 20.1. The Bertz CT molecular complexity index is 979. The fourth-order valence-corrected chi connectivity index (χ4v) is 2.85. The molecule has 1 saturated heterocycles. The second-order valence-electron chi connectivity index (χ2n) is 6.55. The summed E-state index contributed by atoms with van der Waals surface area (Å²) < 4.78 is 10.9. The first-order valence-corrected chi connectivity index (χ1v) is 9.23. The highest BCUT2D eigenvalue weighted by molar-refractivity contribution is 6.39. The molecule has 0 saturated carbocycles. The third-order valence-corrected chi connectivity index (χ3v) is 4.36. The van der Waals surface area contributed by atoms with Gasteiger partial charge in [-0.3, -0.25) is 14.9 Å². The number of nitrogens with zero attached hydrogens (tertiary/aromatic N) is 1. The van der Waals surface area contributed by atoms with E-state index in [1.165, 1.54) is 19.3 Å². The molecule has 4 amide bonds. The number of aryl methyl sites for hydroxylation is 1. The lowest BCUT2D eigenvalue weighted by molar-refractivity contribution is -0.122. The number of benzene rings is 2. The fourth-order valence-electron chi connectivity index (χ4n) is 2.85. The molecule has 1 aliphatic heterocycles. The quantitative estimate of drug-likeness (QED) is 0.599. The molecule has 0 spiro atoms. The molecule has 0 bridgehead atoms. The molecule has 3 rings (SSSR count). The standard InChI is InChI=1S/C22H22N2O5/c1-4-11-29-18-10-9-16(13-19(18)28-3)24-21(26)17(20(25)23-22(24)27)12-15-7-5-14(2)6-8-15/h5-10,12-13H,4,11H2,1-3H3,(H,23,25,27)/b17-12+. The summed E-state index contributed by atoms with van der Waals surface area (Å²) in [6.45, 7) is 4.43. The van der Waals surface area contributed by atoms with Crippen LogP contribution in [0.15, 0.2) is 48.0 Å². The lowest BCUT2D eigenvalue weighted by atomic mass is 10.1. The molecule has 2 aromatic rings. The van der Waals surface area contributed by atoms with Gasteiger partial charge in [-0.05, 0) is 37.1 Å². The molecule has 1 aliphatic rings. The van der Waals surface area contributed by atoms with E-state index in [1.54, 1.807) is 24.3 Å². The largest absolute Gasteiger partial charge is 0.493 e. The Morgan fingerprint density at radius 3 is 2.41 bits per heavy atom. The summed E-state index contributed by atoms with van der Waals surface area (Å²) in [6, 6.07) is 11.3. The number of hydrogen-bond donors (Lipinski definition) is 1. The number of urea groups is 1. The van der Waals surface area contributed by atoms with Crippen LogP contribution in [0.1, 0.15) is 24.5 Å². The van der Waals surface area contributed by atoms with Gasteiger partial charge in [0.1, 0.15) is 5.57 Å². The summed E-state index contributed by atoms with van der Waals surface area (Å²) in [5, 5.41) is 2.21. The Morgan fingerprint density at radius 1 is 1.03 bits per heavy atom. The van der Waals surface area contributed by atoms with Crippen molar-refractivity contribution in [3.8, 4) is 11.5 Å². The van der Waals surface area contributed by atoms with Crippen LogP contribution < -0.4 is 19.7 Å². The number of rotatable bonds is 6. The summed E-state index contributed by atoms with van der Waals surface area (Å²) in [4.78, 5) is 38.5. The highest BCUT2D eigenvalue weighted by Gasteiger charge is 2.37. The van der Waals surface area contributed by atoms with Gasteiger partial charge in [-0.2, -0.15) is 0 Å². The number of nitrogens with one attached hydrogen (secondary N) is 1. The van der Waals surface area contributed by atoms with Gasteiger partial charge in [-0.1, -0.05) is 36.8 Å². The highest BCUT2D eigenvalue weighted by Crippen LogP contribution is 2.33. The van der Waals surface area contributed by atoms with Crippen LogP contribution in [0.5, 0.6) is 11.5 Å².